The van der Waals surface area contributed by atoms with Crippen LogP contribution in [0.2, 0.25) is 0 Å². The Morgan fingerprint density at radius 1 is 1.12 bits per heavy atom. The summed E-state index contributed by atoms with van der Waals surface area (Å²) in [4.78, 5) is 11.5. The molecule has 26 heavy (non-hydrogen) atoms. The van der Waals surface area contributed by atoms with E-state index in [0.29, 0.717) is 6.04 Å². The molecular formula is C20H28N4O2. The van der Waals surface area contributed by atoms with E-state index in [9.17, 15) is 0 Å². The van der Waals surface area contributed by atoms with Gasteiger partial charge in [0.2, 0.25) is 0 Å². The van der Waals surface area contributed by atoms with Crippen molar-refractivity contribution in [3.05, 3.63) is 35.2 Å². The molecule has 6 heteroatoms. The molecule has 2 aromatic rings. The number of anilines is 2. The van der Waals surface area contributed by atoms with Crippen LogP contribution >= 0.6 is 0 Å². The number of methoxy groups -OCH3 is 2. The van der Waals surface area contributed by atoms with Crippen molar-refractivity contribution in [3.8, 4) is 11.5 Å². The first-order chi connectivity index (χ1) is 12.5. The molecule has 0 aliphatic carbocycles. The lowest BCUT2D eigenvalue weighted by Crippen LogP contribution is -2.31. The van der Waals surface area contributed by atoms with E-state index in [1.54, 1.807) is 14.2 Å². The third kappa shape index (κ3) is 3.84. The monoisotopic (exact) mass is 356 g/mol. The number of aryl methyl sites for hydroxylation is 1. The molecule has 1 aromatic carbocycles. The summed E-state index contributed by atoms with van der Waals surface area (Å²) in [6, 6.07) is 6.60. The van der Waals surface area contributed by atoms with Crippen LogP contribution in [0.5, 0.6) is 11.5 Å². The van der Waals surface area contributed by atoms with Gasteiger partial charge in [-0.25, -0.2) is 9.97 Å². The van der Waals surface area contributed by atoms with Crippen molar-refractivity contribution in [1.29, 1.82) is 0 Å². The van der Waals surface area contributed by atoms with Gasteiger partial charge in [-0.05, 0) is 49.9 Å². The van der Waals surface area contributed by atoms with E-state index in [4.69, 9.17) is 9.47 Å². The average Bonchev–Trinajstić information content (AvgIpc) is 2.65. The molecule has 1 aliphatic heterocycles. The van der Waals surface area contributed by atoms with Crippen LogP contribution in [0.25, 0.3) is 0 Å². The van der Waals surface area contributed by atoms with Crippen LogP contribution in [0.15, 0.2) is 18.2 Å². The second-order valence-electron chi connectivity index (χ2n) is 6.76. The maximum Gasteiger partial charge on any atom is 0.161 e. The highest BCUT2D eigenvalue weighted by Crippen LogP contribution is 2.34. The Labute approximate surface area is 155 Å². The Bertz CT molecular complexity index is 779. The van der Waals surface area contributed by atoms with Crippen LogP contribution < -0.4 is 19.7 Å². The van der Waals surface area contributed by atoms with Crippen molar-refractivity contribution < 1.29 is 9.47 Å². The second kappa shape index (κ2) is 7.81. The molecule has 1 N–H and O–H groups in total. The standard InChI is InChI=1S/C20H28N4O2/c1-6-13(2)21-19-11-20(23-14(3)22-19)24-8-7-15-9-17(25-4)18(26-5)10-16(15)12-24/h9-11,13H,6-8,12H2,1-5H3,(H,21,22,23). The third-order valence-corrected chi connectivity index (χ3v) is 4.87. The van der Waals surface area contributed by atoms with Gasteiger partial charge in [0.15, 0.2) is 11.5 Å². The Morgan fingerprint density at radius 2 is 1.81 bits per heavy atom. The first-order valence-electron chi connectivity index (χ1n) is 9.15. The first kappa shape index (κ1) is 18.3. The molecule has 1 aliphatic rings. The molecule has 6 nitrogen and oxygen atoms in total. The minimum Gasteiger partial charge on any atom is -0.493 e. The maximum absolute atomic E-state index is 5.46. The van der Waals surface area contributed by atoms with Crippen molar-refractivity contribution in [2.45, 2.75) is 46.2 Å². The third-order valence-electron chi connectivity index (χ3n) is 4.87. The number of nitrogens with zero attached hydrogens (tertiary/aromatic N) is 3. The van der Waals surface area contributed by atoms with E-state index < -0.39 is 0 Å². The minimum absolute atomic E-state index is 0.385. The Morgan fingerprint density at radius 3 is 2.46 bits per heavy atom. The van der Waals surface area contributed by atoms with E-state index in [1.807, 2.05) is 13.0 Å². The highest BCUT2D eigenvalue weighted by molar-refractivity contribution is 5.54. The average molecular weight is 356 g/mol. The number of nitrogens with one attached hydrogen (secondary N) is 1. The number of rotatable bonds is 6. The van der Waals surface area contributed by atoms with Crippen molar-refractivity contribution in [2.24, 2.45) is 0 Å². The fourth-order valence-electron chi connectivity index (χ4n) is 3.22. The summed E-state index contributed by atoms with van der Waals surface area (Å²) in [7, 11) is 3.35. The Kier molecular flexibility index (Phi) is 5.49. The quantitative estimate of drug-likeness (QED) is 0.854. The van der Waals surface area contributed by atoms with Crippen LogP contribution in [0.3, 0.4) is 0 Å². The van der Waals surface area contributed by atoms with Gasteiger partial charge in [-0.3, -0.25) is 0 Å². The molecule has 0 saturated carbocycles. The maximum atomic E-state index is 5.46. The summed E-state index contributed by atoms with van der Waals surface area (Å²) >= 11 is 0. The van der Waals surface area contributed by atoms with Crippen molar-refractivity contribution in [1.82, 2.24) is 9.97 Å². The predicted molar refractivity (Wildman–Crippen MR) is 104 cm³/mol. The highest BCUT2D eigenvalue weighted by Gasteiger charge is 2.21. The fraction of sp³-hybridized carbons (Fsp3) is 0.500. The van der Waals surface area contributed by atoms with Gasteiger partial charge < -0.3 is 19.7 Å². The number of ether oxygens (including phenoxy) is 2. The van der Waals surface area contributed by atoms with Crippen LogP contribution in [-0.4, -0.2) is 36.8 Å². The molecule has 0 spiro atoms. The summed E-state index contributed by atoms with van der Waals surface area (Å²) in [5, 5.41) is 3.45. The molecule has 0 fully saturated rings. The number of hydrogen-bond acceptors (Lipinski definition) is 6. The summed E-state index contributed by atoms with van der Waals surface area (Å²) in [6.45, 7) is 7.98. The van der Waals surface area contributed by atoms with Crippen molar-refractivity contribution >= 4 is 11.6 Å². The van der Waals surface area contributed by atoms with Crippen LogP contribution in [0.1, 0.15) is 37.2 Å². The molecule has 140 valence electrons. The normalized spacial score (nSPS) is 14.6. The molecule has 1 atom stereocenters. The van der Waals surface area contributed by atoms with Crippen LogP contribution in [0.4, 0.5) is 11.6 Å². The zero-order valence-corrected chi connectivity index (χ0v) is 16.3. The van der Waals surface area contributed by atoms with E-state index in [1.165, 1.54) is 11.1 Å². The summed E-state index contributed by atoms with van der Waals surface area (Å²) in [6.07, 6.45) is 2.00. The van der Waals surface area contributed by atoms with Crippen LogP contribution in [0, 0.1) is 6.92 Å². The molecule has 2 heterocycles. The number of hydrogen-bond donors (Lipinski definition) is 1. The molecular weight excluding hydrogens is 328 g/mol. The minimum atomic E-state index is 0.385. The topological polar surface area (TPSA) is 59.5 Å². The van der Waals surface area contributed by atoms with Crippen molar-refractivity contribution in [2.75, 3.05) is 31.0 Å². The van der Waals surface area contributed by atoms with E-state index >= 15 is 0 Å². The zero-order valence-electron chi connectivity index (χ0n) is 16.3. The largest absolute Gasteiger partial charge is 0.493 e. The SMILES string of the molecule is CCC(C)Nc1cc(N2CCc3cc(OC)c(OC)cc3C2)nc(C)n1. The van der Waals surface area contributed by atoms with Gasteiger partial charge in [-0.2, -0.15) is 0 Å². The zero-order chi connectivity index (χ0) is 18.7. The summed E-state index contributed by atoms with van der Waals surface area (Å²) in [5.74, 6) is 4.19. The molecule has 1 aromatic heterocycles. The molecule has 0 radical (unpaired) electrons. The number of aromatic nitrogens is 2. The Balaban J connectivity index is 1.86. The first-order valence-corrected chi connectivity index (χ1v) is 9.15. The van der Waals surface area contributed by atoms with Gasteiger partial charge >= 0.3 is 0 Å². The summed E-state index contributed by atoms with van der Waals surface area (Å²) < 4.78 is 10.9. The van der Waals surface area contributed by atoms with Gasteiger partial charge in [0.25, 0.3) is 0 Å². The smallest absolute Gasteiger partial charge is 0.161 e. The fourth-order valence-corrected chi connectivity index (χ4v) is 3.22. The van der Waals surface area contributed by atoms with E-state index in [-0.39, 0.29) is 0 Å². The molecule has 0 saturated heterocycles. The predicted octanol–water partition coefficient (Wildman–Crippen LogP) is 3.58. The van der Waals surface area contributed by atoms with Gasteiger partial charge in [-0.15, -0.1) is 0 Å². The lowest BCUT2D eigenvalue weighted by atomic mass is 9.99. The van der Waals surface area contributed by atoms with E-state index in [2.05, 4.69) is 46.2 Å². The highest BCUT2D eigenvalue weighted by atomic mass is 16.5. The van der Waals surface area contributed by atoms with Crippen LogP contribution in [-0.2, 0) is 13.0 Å². The molecule has 1 unspecified atom stereocenters. The molecule has 0 amide bonds. The van der Waals surface area contributed by atoms with E-state index in [0.717, 1.165) is 54.9 Å². The molecule has 0 bridgehead atoms. The van der Waals surface area contributed by atoms with Gasteiger partial charge in [0, 0.05) is 25.2 Å². The number of fused-ring (bicyclic) bond motifs is 1. The van der Waals surface area contributed by atoms with Gasteiger partial charge in [-0.1, -0.05) is 6.92 Å². The van der Waals surface area contributed by atoms with Crippen molar-refractivity contribution in [3.63, 3.8) is 0 Å². The molecule has 3 rings (SSSR count). The Hall–Kier alpha value is -2.50. The number of benzene rings is 1. The lowest BCUT2D eigenvalue weighted by molar-refractivity contribution is 0.353. The lowest BCUT2D eigenvalue weighted by Gasteiger charge is -2.31. The summed E-state index contributed by atoms with van der Waals surface area (Å²) in [5.41, 5.74) is 2.56. The van der Waals surface area contributed by atoms with Gasteiger partial charge in [0.05, 0.1) is 14.2 Å². The van der Waals surface area contributed by atoms with Gasteiger partial charge in [0.1, 0.15) is 17.5 Å². The second-order valence-corrected chi connectivity index (χ2v) is 6.76.